The molecule has 0 radical (unpaired) electrons. The molecule has 0 aliphatic carbocycles. The van der Waals surface area contributed by atoms with E-state index in [2.05, 4.69) is 56.1 Å². The van der Waals surface area contributed by atoms with E-state index in [4.69, 9.17) is 0 Å². The highest BCUT2D eigenvalue weighted by molar-refractivity contribution is 6.01. The second-order valence-corrected chi connectivity index (χ2v) is 8.77. The van der Waals surface area contributed by atoms with Crippen molar-refractivity contribution in [3.63, 3.8) is 0 Å². The number of carbonyl (C=O) groups excluding carboxylic acids is 1. The minimum absolute atomic E-state index is 0.111. The lowest BCUT2D eigenvalue weighted by atomic mass is 9.79. The van der Waals surface area contributed by atoms with Crippen LogP contribution in [0.2, 0.25) is 0 Å². The standard InChI is InChI=1S/C26H31N3O/c1-6-29-24-12-18(2)21(14-23(24)19(3)15-26(29,4)5)13-22(16-27)25(30)28-17-20-10-8-7-9-11-20/h7-14,19H,6,15,17H2,1-5H3,(H,28,30)/b22-13-. The average molecular weight is 402 g/mol. The number of nitrogens with one attached hydrogen (secondary N) is 1. The first-order valence-corrected chi connectivity index (χ1v) is 10.6. The van der Waals surface area contributed by atoms with Crippen molar-refractivity contribution in [1.29, 1.82) is 5.26 Å². The third kappa shape index (κ3) is 4.41. The number of rotatable bonds is 5. The van der Waals surface area contributed by atoms with Crippen LogP contribution in [-0.2, 0) is 11.3 Å². The van der Waals surface area contributed by atoms with Crippen LogP contribution < -0.4 is 10.2 Å². The van der Waals surface area contributed by atoms with E-state index in [1.54, 1.807) is 6.08 Å². The Labute approximate surface area is 180 Å². The van der Waals surface area contributed by atoms with Crippen LogP contribution in [0.15, 0.2) is 48.0 Å². The quantitative estimate of drug-likeness (QED) is 0.544. The zero-order valence-electron chi connectivity index (χ0n) is 18.6. The van der Waals surface area contributed by atoms with E-state index in [-0.39, 0.29) is 17.0 Å². The highest BCUT2D eigenvalue weighted by Crippen LogP contribution is 2.44. The van der Waals surface area contributed by atoms with Crippen LogP contribution in [0.3, 0.4) is 0 Å². The summed E-state index contributed by atoms with van der Waals surface area (Å²) < 4.78 is 0. The summed E-state index contributed by atoms with van der Waals surface area (Å²) >= 11 is 0. The van der Waals surface area contributed by atoms with Crippen LogP contribution in [0.25, 0.3) is 6.08 Å². The van der Waals surface area contributed by atoms with Gasteiger partial charge in [-0.05, 0) is 80.5 Å². The fourth-order valence-electron chi connectivity index (χ4n) is 4.58. The molecule has 2 aromatic rings. The number of aryl methyl sites for hydroxylation is 1. The van der Waals surface area contributed by atoms with Crippen LogP contribution in [0.4, 0.5) is 5.69 Å². The second-order valence-electron chi connectivity index (χ2n) is 8.77. The third-order valence-electron chi connectivity index (χ3n) is 6.05. The van der Waals surface area contributed by atoms with Gasteiger partial charge in [0.2, 0.25) is 0 Å². The fourth-order valence-corrected chi connectivity index (χ4v) is 4.58. The van der Waals surface area contributed by atoms with Crippen molar-refractivity contribution in [2.45, 2.75) is 59.0 Å². The minimum atomic E-state index is -0.345. The van der Waals surface area contributed by atoms with Gasteiger partial charge in [-0.15, -0.1) is 0 Å². The molecule has 4 nitrogen and oxygen atoms in total. The van der Waals surface area contributed by atoms with E-state index < -0.39 is 0 Å². The van der Waals surface area contributed by atoms with Gasteiger partial charge >= 0.3 is 0 Å². The predicted molar refractivity (Wildman–Crippen MR) is 123 cm³/mol. The molecule has 0 saturated heterocycles. The Hall–Kier alpha value is -3.06. The van der Waals surface area contributed by atoms with Crippen molar-refractivity contribution < 1.29 is 4.79 Å². The van der Waals surface area contributed by atoms with Gasteiger partial charge in [-0.2, -0.15) is 5.26 Å². The largest absolute Gasteiger partial charge is 0.366 e. The number of nitriles is 1. The first-order chi connectivity index (χ1) is 14.3. The number of amides is 1. The van der Waals surface area contributed by atoms with E-state index in [9.17, 15) is 10.1 Å². The number of carbonyl (C=O) groups is 1. The molecule has 0 saturated carbocycles. The van der Waals surface area contributed by atoms with Gasteiger partial charge in [0, 0.05) is 24.3 Å². The van der Waals surface area contributed by atoms with Gasteiger partial charge in [-0.3, -0.25) is 4.79 Å². The lowest BCUT2D eigenvalue weighted by Crippen LogP contribution is -2.48. The molecule has 1 aliphatic rings. The SMILES string of the molecule is CCN1c2cc(C)c(/C=C(/C#N)C(=O)NCc3ccccc3)cc2C(C)CC1(C)C. The Morgan fingerprint density at radius 2 is 2.00 bits per heavy atom. The normalized spacial score (nSPS) is 17.8. The van der Waals surface area contributed by atoms with Crippen molar-refractivity contribution in [2.75, 3.05) is 11.4 Å². The molecule has 1 amide bonds. The van der Waals surface area contributed by atoms with Gasteiger partial charge in [0.25, 0.3) is 5.91 Å². The van der Waals surface area contributed by atoms with Crippen molar-refractivity contribution in [3.8, 4) is 6.07 Å². The van der Waals surface area contributed by atoms with Crippen molar-refractivity contribution in [3.05, 3.63) is 70.3 Å². The summed E-state index contributed by atoms with van der Waals surface area (Å²) in [4.78, 5) is 15.0. The van der Waals surface area contributed by atoms with E-state index >= 15 is 0 Å². The molecule has 1 atom stereocenters. The third-order valence-corrected chi connectivity index (χ3v) is 6.05. The van der Waals surface area contributed by atoms with Crippen LogP contribution in [-0.4, -0.2) is 18.0 Å². The smallest absolute Gasteiger partial charge is 0.262 e. The van der Waals surface area contributed by atoms with Gasteiger partial charge in [0.15, 0.2) is 0 Å². The second kappa shape index (κ2) is 8.75. The monoisotopic (exact) mass is 401 g/mol. The molecule has 0 aromatic heterocycles. The molecule has 0 fully saturated rings. The Kier molecular flexibility index (Phi) is 6.31. The summed E-state index contributed by atoms with van der Waals surface area (Å²) in [6.07, 6.45) is 2.79. The number of hydrogen-bond acceptors (Lipinski definition) is 3. The maximum Gasteiger partial charge on any atom is 0.262 e. The first-order valence-electron chi connectivity index (χ1n) is 10.6. The van der Waals surface area contributed by atoms with E-state index in [1.807, 2.05) is 37.3 Å². The molecule has 2 aromatic carbocycles. The van der Waals surface area contributed by atoms with Gasteiger partial charge in [0.1, 0.15) is 11.6 Å². The van der Waals surface area contributed by atoms with Crippen LogP contribution >= 0.6 is 0 Å². The van der Waals surface area contributed by atoms with E-state index in [0.29, 0.717) is 12.5 Å². The topological polar surface area (TPSA) is 56.1 Å². The summed E-state index contributed by atoms with van der Waals surface area (Å²) in [6.45, 7) is 12.4. The van der Waals surface area contributed by atoms with Gasteiger partial charge < -0.3 is 10.2 Å². The minimum Gasteiger partial charge on any atom is -0.366 e. The summed E-state index contributed by atoms with van der Waals surface area (Å²) in [5.74, 6) is 0.0748. The lowest BCUT2D eigenvalue weighted by Gasteiger charge is -2.47. The van der Waals surface area contributed by atoms with Gasteiger partial charge in [-0.1, -0.05) is 37.3 Å². The zero-order valence-corrected chi connectivity index (χ0v) is 18.6. The van der Waals surface area contributed by atoms with E-state index in [0.717, 1.165) is 29.7 Å². The van der Waals surface area contributed by atoms with Crippen LogP contribution in [0.1, 0.15) is 62.3 Å². The Morgan fingerprint density at radius 3 is 2.63 bits per heavy atom. The maximum atomic E-state index is 12.6. The van der Waals surface area contributed by atoms with Crippen LogP contribution in [0, 0.1) is 18.3 Å². The molecule has 1 N–H and O–H groups in total. The van der Waals surface area contributed by atoms with Crippen molar-refractivity contribution >= 4 is 17.7 Å². The van der Waals surface area contributed by atoms with E-state index in [1.165, 1.54) is 11.3 Å². The molecule has 1 heterocycles. The van der Waals surface area contributed by atoms with Gasteiger partial charge in [-0.25, -0.2) is 0 Å². The zero-order chi connectivity index (χ0) is 21.9. The maximum absolute atomic E-state index is 12.6. The van der Waals surface area contributed by atoms with Crippen molar-refractivity contribution in [2.24, 2.45) is 0 Å². The highest BCUT2D eigenvalue weighted by Gasteiger charge is 2.35. The fraction of sp³-hybridized carbons (Fsp3) is 0.385. The number of fused-ring (bicyclic) bond motifs is 1. The number of anilines is 1. The van der Waals surface area contributed by atoms with Crippen LogP contribution in [0.5, 0.6) is 0 Å². The molecule has 1 aliphatic heterocycles. The summed E-state index contributed by atoms with van der Waals surface area (Å²) in [6, 6.07) is 16.1. The van der Waals surface area contributed by atoms with Crippen molar-refractivity contribution in [1.82, 2.24) is 5.32 Å². The number of nitrogens with zero attached hydrogens (tertiary/aromatic N) is 2. The Morgan fingerprint density at radius 1 is 1.30 bits per heavy atom. The molecular weight excluding hydrogens is 370 g/mol. The summed E-state index contributed by atoms with van der Waals surface area (Å²) in [5, 5.41) is 12.4. The molecule has 3 rings (SSSR count). The summed E-state index contributed by atoms with van der Waals surface area (Å²) in [7, 11) is 0. The molecule has 156 valence electrons. The Balaban J connectivity index is 1.89. The molecular formula is C26H31N3O. The Bertz CT molecular complexity index is 999. The predicted octanol–water partition coefficient (Wildman–Crippen LogP) is 5.33. The number of benzene rings is 2. The average Bonchev–Trinajstić information content (AvgIpc) is 2.71. The molecule has 0 spiro atoms. The number of hydrogen-bond donors (Lipinski definition) is 1. The molecule has 4 heteroatoms. The molecule has 1 unspecified atom stereocenters. The highest BCUT2D eigenvalue weighted by atomic mass is 16.1. The van der Waals surface area contributed by atoms with Gasteiger partial charge in [0.05, 0.1) is 0 Å². The summed E-state index contributed by atoms with van der Waals surface area (Å²) in [5.41, 5.74) is 5.80. The molecule has 30 heavy (non-hydrogen) atoms. The molecule has 0 bridgehead atoms. The lowest BCUT2D eigenvalue weighted by molar-refractivity contribution is -0.117. The first kappa shape index (κ1) is 21.6.